The van der Waals surface area contributed by atoms with E-state index in [-0.39, 0.29) is 12.1 Å². The Balaban J connectivity index is 1.80. The number of imidazole rings is 1. The third-order valence-corrected chi connectivity index (χ3v) is 4.25. The molecule has 1 aromatic carbocycles. The maximum atomic E-state index is 13.0. The first-order valence-electron chi connectivity index (χ1n) is 8.23. The zero-order valence-electron chi connectivity index (χ0n) is 13.8. The van der Waals surface area contributed by atoms with Gasteiger partial charge < -0.3 is 14.6 Å². The van der Waals surface area contributed by atoms with Gasteiger partial charge in [-0.05, 0) is 30.2 Å². The Kier molecular flexibility index (Phi) is 3.49. The van der Waals surface area contributed by atoms with Crippen LogP contribution in [0.25, 0.3) is 5.65 Å². The van der Waals surface area contributed by atoms with Gasteiger partial charge in [0.15, 0.2) is 0 Å². The van der Waals surface area contributed by atoms with Gasteiger partial charge in [-0.2, -0.15) is 0 Å². The van der Waals surface area contributed by atoms with Gasteiger partial charge in [0.05, 0.1) is 5.56 Å². The van der Waals surface area contributed by atoms with Crippen molar-refractivity contribution < 1.29 is 4.79 Å². The van der Waals surface area contributed by atoms with Crippen LogP contribution in [0, 0.1) is 5.92 Å². The second-order valence-electron chi connectivity index (χ2n) is 6.58. The van der Waals surface area contributed by atoms with Crippen LogP contribution >= 0.6 is 0 Å². The molecule has 4 rings (SSSR count). The number of para-hydroxylation sites is 1. The molecule has 1 unspecified atom stereocenters. The van der Waals surface area contributed by atoms with Gasteiger partial charge in [-0.1, -0.05) is 32.0 Å². The number of hydrogen-bond donors (Lipinski definition) is 1. The molecule has 0 bridgehead atoms. The van der Waals surface area contributed by atoms with E-state index in [2.05, 4.69) is 19.2 Å². The maximum absolute atomic E-state index is 13.0. The number of carbonyl (C=O) groups excluding carboxylic acids is 1. The third-order valence-electron chi connectivity index (χ3n) is 4.25. The summed E-state index contributed by atoms with van der Waals surface area (Å²) in [5.41, 5.74) is 3.32. The van der Waals surface area contributed by atoms with Crippen molar-refractivity contribution in [2.45, 2.75) is 20.0 Å². The number of rotatable bonds is 3. The highest BCUT2D eigenvalue weighted by Crippen LogP contribution is 2.33. The van der Waals surface area contributed by atoms with Gasteiger partial charge in [-0.25, -0.2) is 4.98 Å². The van der Waals surface area contributed by atoms with E-state index in [1.54, 1.807) is 0 Å². The zero-order chi connectivity index (χ0) is 16.7. The fourth-order valence-electron chi connectivity index (χ4n) is 3.19. The minimum absolute atomic E-state index is 0.0557. The molecule has 1 aliphatic heterocycles. The molecule has 1 aliphatic rings. The molecule has 3 heterocycles. The highest BCUT2D eigenvalue weighted by atomic mass is 16.2. The van der Waals surface area contributed by atoms with Crippen LogP contribution in [0.15, 0.2) is 54.9 Å². The fraction of sp³-hybridized carbons (Fsp3) is 0.263. The van der Waals surface area contributed by atoms with Gasteiger partial charge in [0.25, 0.3) is 5.91 Å². The van der Waals surface area contributed by atoms with Gasteiger partial charge in [0.2, 0.25) is 0 Å². The number of benzene rings is 1. The molecular formula is C19H20N4O. The van der Waals surface area contributed by atoms with Crippen LogP contribution in [0.4, 0.5) is 5.69 Å². The Morgan fingerprint density at radius 2 is 1.96 bits per heavy atom. The minimum Gasteiger partial charge on any atom is -0.359 e. The highest BCUT2D eigenvalue weighted by Gasteiger charge is 2.34. The molecule has 0 spiro atoms. The Morgan fingerprint density at radius 1 is 1.17 bits per heavy atom. The topological polar surface area (TPSA) is 49.6 Å². The predicted octanol–water partition coefficient (Wildman–Crippen LogP) is 3.56. The van der Waals surface area contributed by atoms with E-state index in [0.717, 1.165) is 22.6 Å². The summed E-state index contributed by atoms with van der Waals surface area (Å²) in [4.78, 5) is 19.6. The molecular weight excluding hydrogens is 300 g/mol. The normalized spacial score (nSPS) is 17.2. The van der Waals surface area contributed by atoms with Crippen molar-refractivity contribution in [3.63, 3.8) is 0 Å². The summed E-state index contributed by atoms with van der Waals surface area (Å²) in [5.74, 6) is 0.431. The van der Waals surface area contributed by atoms with Gasteiger partial charge >= 0.3 is 0 Å². The number of anilines is 1. The van der Waals surface area contributed by atoms with E-state index in [9.17, 15) is 4.79 Å². The predicted molar refractivity (Wildman–Crippen MR) is 93.9 cm³/mol. The molecule has 0 saturated heterocycles. The molecule has 1 amide bonds. The Hall–Kier alpha value is -2.82. The van der Waals surface area contributed by atoms with E-state index in [1.165, 1.54) is 0 Å². The van der Waals surface area contributed by atoms with Crippen LogP contribution in [-0.4, -0.2) is 26.7 Å². The number of hydrogen-bond acceptors (Lipinski definition) is 3. The number of pyridine rings is 1. The smallest absolute Gasteiger partial charge is 0.257 e. The van der Waals surface area contributed by atoms with Crippen molar-refractivity contribution in [1.29, 1.82) is 0 Å². The first-order chi connectivity index (χ1) is 11.6. The van der Waals surface area contributed by atoms with Crippen molar-refractivity contribution in [1.82, 2.24) is 14.3 Å². The van der Waals surface area contributed by atoms with E-state index in [0.29, 0.717) is 12.5 Å². The van der Waals surface area contributed by atoms with Crippen LogP contribution in [0.2, 0.25) is 0 Å². The van der Waals surface area contributed by atoms with Crippen LogP contribution in [0.1, 0.15) is 36.1 Å². The average Bonchev–Trinajstić information content (AvgIpc) is 3.01. The van der Waals surface area contributed by atoms with Gasteiger partial charge in [-0.15, -0.1) is 0 Å². The first-order valence-corrected chi connectivity index (χ1v) is 8.23. The fourth-order valence-corrected chi connectivity index (χ4v) is 3.19. The van der Waals surface area contributed by atoms with Crippen LogP contribution < -0.4 is 5.32 Å². The largest absolute Gasteiger partial charge is 0.359 e. The summed E-state index contributed by atoms with van der Waals surface area (Å²) in [7, 11) is 0. The van der Waals surface area contributed by atoms with Crippen molar-refractivity contribution in [3.8, 4) is 0 Å². The van der Waals surface area contributed by atoms with E-state index in [4.69, 9.17) is 4.98 Å². The number of fused-ring (bicyclic) bond motifs is 2. The Morgan fingerprint density at radius 3 is 2.75 bits per heavy atom. The molecule has 0 fully saturated rings. The summed E-state index contributed by atoms with van der Waals surface area (Å²) in [6.45, 7) is 4.92. The highest BCUT2D eigenvalue weighted by molar-refractivity contribution is 6.01. The van der Waals surface area contributed by atoms with Crippen LogP contribution in [0.5, 0.6) is 0 Å². The number of nitrogens with zero attached hydrogens (tertiary/aromatic N) is 3. The summed E-state index contributed by atoms with van der Waals surface area (Å²) < 4.78 is 1.98. The summed E-state index contributed by atoms with van der Waals surface area (Å²) in [6.07, 6.45) is 3.70. The van der Waals surface area contributed by atoms with E-state index < -0.39 is 0 Å². The molecule has 1 N–H and O–H groups in total. The average molecular weight is 320 g/mol. The molecule has 1 atom stereocenters. The lowest BCUT2D eigenvalue weighted by molar-refractivity contribution is 0.0654. The second kappa shape index (κ2) is 5.67. The molecule has 5 heteroatoms. The third kappa shape index (κ3) is 2.42. The maximum Gasteiger partial charge on any atom is 0.257 e. The van der Waals surface area contributed by atoms with E-state index >= 15 is 0 Å². The second-order valence-corrected chi connectivity index (χ2v) is 6.58. The summed E-state index contributed by atoms with van der Waals surface area (Å²) in [5, 5.41) is 3.49. The standard InChI is InChI=1S/C19H20N4O/c1-13(2)11-23-18(16-12-22-10-6-5-9-17(22)20-16)21-15-8-4-3-7-14(15)19(23)24/h3-10,12-13,18,21H,11H2,1-2H3. The number of aromatic nitrogens is 2. The molecule has 5 nitrogen and oxygen atoms in total. The molecule has 2 aromatic heterocycles. The van der Waals surface area contributed by atoms with Crippen LogP contribution in [0.3, 0.4) is 0 Å². The molecule has 122 valence electrons. The molecule has 0 radical (unpaired) electrons. The lowest BCUT2D eigenvalue weighted by atomic mass is 10.0. The SMILES string of the molecule is CC(C)CN1C(=O)c2ccccc2NC1c1cn2ccccc2n1. The minimum atomic E-state index is -0.255. The monoisotopic (exact) mass is 320 g/mol. The van der Waals surface area contributed by atoms with Crippen LogP contribution in [-0.2, 0) is 0 Å². The molecule has 24 heavy (non-hydrogen) atoms. The van der Waals surface area contributed by atoms with Crippen molar-refractivity contribution in [2.75, 3.05) is 11.9 Å². The Bertz CT molecular complexity index is 866. The van der Waals surface area contributed by atoms with Crippen molar-refractivity contribution in [3.05, 3.63) is 66.1 Å². The quantitative estimate of drug-likeness (QED) is 0.803. The van der Waals surface area contributed by atoms with Gasteiger partial charge in [0, 0.05) is 24.6 Å². The first kappa shape index (κ1) is 14.8. The van der Waals surface area contributed by atoms with Gasteiger partial charge in [-0.3, -0.25) is 4.79 Å². The summed E-state index contributed by atoms with van der Waals surface area (Å²) in [6, 6.07) is 13.6. The van der Waals surface area contributed by atoms with Crippen molar-refractivity contribution >= 4 is 17.2 Å². The number of nitrogens with one attached hydrogen (secondary N) is 1. The van der Waals surface area contributed by atoms with E-state index in [1.807, 2.05) is 64.2 Å². The zero-order valence-corrected chi connectivity index (χ0v) is 13.8. The molecule has 3 aromatic rings. The molecule has 0 saturated carbocycles. The summed E-state index contributed by atoms with van der Waals surface area (Å²) >= 11 is 0. The Labute approximate surface area is 140 Å². The number of amides is 1. The number of carbonyl (C=O) groups is 1. The van der Waals surface area contributed by atoms with Crippen molar-refractivity contribution in [2.24, 2.45) is 5.92 Å². The van der Waals surface area contributed by atoms with Gasteiger partial charge in [0.1, 0.15) is 17.5 Å². The molecule has 0 aliphatic carbocycles. The lowest BCUT2D eigenvalue weighted by Gasteiger charge is -2.38. The lowest BCUT2D eigenvalue weighted by Crippen LogP contribution is -2.44.